The van der Waals surface area contributed by atoms with Crippen LogP contribution in [0, 0.1) is 12.8 Å². The van der Waals surface area contributed by atoms with Crippen LogP contribution in [-0.4, -0.2) is 27.3 Å². The number of rotatable bonds is 6. The standard InChI is InChI=1S/C15H23ClN4O/c1-10-13(16)9-20(19-10)8-6-11-3-2-7-15(11,14(17)21)18-12-4-5-12/h9,11-12,18H,2-8H2,1H3,(H2,17,21). The van der Waals surface area contributed by atoms with Crippen molar-refractivity contribution < 1.29 is 4.79 Å². The molecule has 0 bridgehead atoms. The van der Waals surface area contributed by atoms with E-state index in [0.29, 0.717) is 17.0 Å². The zero-order chi connectivity index (χ0) is 15.0. The molecule has 0 aliphatic heterocycles. The molecule has 2 fully saturated rings. The highest BCUT2D eigenvalue weighted by Crippen LogP contribution is 2.40. The summed E-state index contributed by atoms with van der Waals surface area (Å²) in [5.74, 6) is 0.102. The third-order valence-corrected chi connectivity index (χ3v) is 5.26. The van der Waals surface area contributed by atoms with Crippen molar-refractivity contribution in [3.05, 3.63) is 16.9 Å². The molecule has 2 saturated carbocycles. The molecule has 0 spiro atoms. The van der Waals surface area contributed by atoms with Crippen LogP contribution >= 0.6 is 11.6 Å². The van der Waals surface area contributed by atoms with Crippen molar-refractivity contribution in [1.82, 2.24) is 15.1 Å². The van der Waals surface area contributed by atoms with Gasteiger partial charge in [-0.3, -0.25) is 9.48 Å². The van der Waals surface area contributed by atoms with Crippen molar-refractivity contribution >= 4 is 17.5 Å². The van der Waals surface area contributed by atoms with Gasteiger partial charge in [0.15, 0.2) is 0 Å². The van der Waals surface area contributed by atoms with Crippen LogP contribution in [0.2, 0.25) is 5.02 Å². The topological polar surface area (TPSA) is 72.9 Å². The van der Waals surface area contributed by atoms with Gasteiger partial charge < -0.3 is 11.1 Å². The fourth-order valence-electron chi connectivity index (χ4n) is 3.54. The smallest absolute Gasteiger partial charge is 0.238 e. The fourth-order valence-corrected chi connectivity index (χ4v) is 3.69. The second-order valence-electron chi connectivity index (χ2n) is 6.46. The van der Waals surface area contributed by atoms with Gasteiger partial charge in [0.25, 0.3) is 0 Å². The molecule has 0 radical (unpaired) electrons. The number of hydrogen-bond donors (Lipinski definition) is 2. The summed E-state index contributed by atoms with van der Waals surface area (Å²) in [5.41, 5.74) is 6.09. The van der Waals surface area contributed by atoms with Crippen molar-refractivity contribution in [3.8, 4) is 0 Å². The highest BCUT2D eigenvalue weighted by Gasteiger charge is 2.49. The van der Waals surface area contributed by atoms with Gasteiger partial charge in [-0.15, -0.1) is 0 Å². The highest BCUT2D eigenvalue weighted by atomic mass is 35.5. The largest absolute Gasteiger partial charge is 0.368 e. The van der Waals surface area contributed by atoms with Gasteiger partial charge in [-0.05, 0) is 44.9 Å². The van der Waals surface area contributed by atoms with Crippen LogP contribution in [0.3, 0.4) is 0 Å². The number of aromatic nitrogens is 2. The van der Waals surface area contributed by atoms with Crippen LogP contribution in [0.1, 0.15) is 44.2 Å². The molecule has 1 heterocycles. The average molecular weight is 311 g/mol. The van der Waals surface area contributed by atoms with Crippen LogP contribution in [0.25, 0.3) is 0 Å². The van der Waals surface area contributed by atoms with Crippen LogP contribution in [0.5, 0.6) is 0 Å². The minimum atomic E-state index is -0.507. The first-order valence-corrected chi connectivity index (χ1v) is 8.16. The van der Waals surface area contributed by atoms with E-state index in [1.54, 1.807) is 0 Å². The Morgan fingerprint density at radius 3 is 2.90 bits per heavy atom. The zero-order valence-electron chi connectivity index (χ0n) is 12.4. The maximum absolute atomic E-state index is 12.1. The summed E-state index contributed by atoms with van der Waals surface area (Å²) >= 11 is 6.04. The summed E-state index contributed by atoms with van der Waals surface area (Å²) in [4.78, 5) is 12.1. The molecule has 0 aromatic carbocycles. The van der Waals surface area contributed by atoms with Crippen molar-refractivity contribution in [2.45, 2.75) is 63.6 Å². The number of carbonyl (C=O) groups is 1. The Bertz CT molecular complexity index is 520. The molecule has 1 aromatic heterocycles. The molecule has 1 amide bonds. The van der Waals surface area contributed by atoms with E-state index in [9.17, 15) is 4.79 Å². The van der Waals surface area contributed by atoms with E-state index in [1.807, 2.05) is 17.8 Å². The van der Waals surface area contributed by atoms with Gasteiger partial charge in [-0.1, -0.05) is 18.0 Å². The van der Waals surface area contributed by atoms with Gasteiger partial charge in [0, 0.05) is 18.8 Å². The van der Waals surface area contributed by atoms with Gasteiger partial charge in [-0.2, -0.15) is 5.10 Å². The van der Waals surface area contributed by atoms with E-state index in [4.69, 9.17) is 17.3 Å². The first kappa shape index (κ1) is 14.9. The number of halogens is 1. The van der Waals surface area contributed by atoms with Crippen molar-refractivity contribution in [1.29, 1.82) is 0 Å². The molecule has 21 heavy (non-hydrogen) atoms. The van der Waals surface area contributed by atoms with E-state index in [2.05, 4.69) is 10.4 Å². The second-order valence-corrected chi connectivity index (χ2v) is 6.86. The molecule has 3 rings (SSSR count). The Morgan fingerprint density at radius 2 is 2.33 bits per heavy atom. The monoisotopic (exact) mass is 310 g/mol. The van der Waals surface area contributed by atoms with Crippen molar-refractivity contribution in [2.75, 3.05) is 0 Å². The van der Waals surface area contributed by atoms with E-state index < -0.39 is 5.54 Å². The van der Waals surface area contributed by atoms with E-state index in [0.717, 1.165) is 50.8 Å². The van der Waals surface area contributed by atoms with E-state index in [-0.39, 0.29) is 5.91 Å². The van der Waals surface area contributed by atoms with Gasteiger partial charge >= 0.3 is 0 Å². The molecular formula is C15H23ClN4O. The number of carbonyl (C=O) groups excluding carboxylic acids is 1. The number of aryl methyl sites for hydroxylation is 2. The lowest BCUT2D eigenvalue weighted by Gasteiger charge is -2.34. The molecule has 1 aromatic rings. The van der Waals surface area contributed by atoms with Crippen LogP contribution in [0.4, 0.5) is 0 Å². The Kier molecular flexibility index (Phi) is 3.97. The van der Waals surface area contributed by atoms with Gasteiger partial charge in [0.2, 0.25) is 5.91 Å². The molecule has 2 aliphatic carbocycles. The average Bonchev–Trinajstić information content (AvgIpc) is 3.05. The number of hydrogen-bond acceptors (Lipinski definition) is 3. The van der Waals surface area contributed by atoms with Crippen molar-refractivity contribution in [2.24, 2.45) is 11.7 Å². The molecule has 5 nitrogen and oxygen atoms in total. The van der Waals surface area contributed by atoms with Gasteiger partial charge in [-0.25, -0.2) is 0 Å². The number of primary amides is 1. The highest BCUT2D eigenvalue weighted by molar-refractivity contribution is 6.31. The quantitative estimate of drug-likeness (QED) is 0.844. The Hall–Kier alpha value is -1.07. The maximum atomic E-state index is 12.1. The normalized spacial score (nSPS) is 29.0. The van der Waals surface area contributed by atoms with Crippen LogP contribution in [0.15, 0.2) is 6.20 Å². The molecule has 116 valence electrons. The van der Waals surface area contributed by atoms with Crippen molar-refractivity contribution in [3.63, 3.8) is 0 Å². The number of nitrogens with two attached hydrogens (primary N) is 1. The first-order chi connectivity index (χ1) is 10.0. The molecule has 6 heteroatoms. The van der Waals surface area contributed by atoms with E-state index >= 15 is 0 Å². The summed E-state index contributed by atoms with van der Waals surface area (Å²) < 4.78 is 1.87. The van der Waals surface area contributed by atoms with Gasteiger partial charge in [0.05, 0.1) is 10.7 Å². The lowest BCUT2D eigenvalue weighted by molar-refractivity contribution is -0.126. The number of nitrogens with zero attached hydrogens (tertiary/aromatic N) is 2. The third kappa shape index (κ3) is 2.94. The molecule has 0 saturated heterocycles. The Balaban J connectivity index is 1.68. The Labute approximate surface area is 130 Å². The molecule has 2 aliphatic rings. The molecular weight excluding hydrogens is 288 g/mol. The number of amides is 1. The van der Waals surface area contributed by atoms with E-state index in [1.165, 1.54) is 0 Å². The number of nitrogens with one attached hydrogen (secondary N) is 1. The third-order valence-electron chi connectivity index (χ3n) is 4.89. The summed E-state index contributed by atoms with van der Waals surface area (Å²) in [6.07, 6.45) is 8.06. The minimum Gasteiger partial charge on any atom is -0.368 e. The second kappa shape index (κ2) is 5.61. The predicted molar refractivity (Wildman–Crippen MR) is 82.0 cm³/mol. The summed E-state index contributed by atoms with van der Waals surface area (Å²) in [7, 11) is 0. The lowest BCUT2D eigenvalue weighted by atomic mass is 9.83. The zero-order valence-corrected chi connectivity index (χ0v) is 13.2. The molecule has 3 N–H and O–H groups in total. The molecule has 2 atom stereocenters. The first-order valence-electron chi connectivity index (χ1n) is 7.78. The van der Waals surface area contributed by atoms with Crippen LogP contribution in [-0.2, 0) is 11.3 Å². The van der Waals surface area contributed by atoms with Crippen LogP contribution < -0.4 is 11.1 Å². The Morgan fingerprint density at radius 1 is 1.57 bits per heavy atom. The fraction of sp³-hybridized carbons (Fsp3) is 0.733. The summed E-state index contributed by atoms with van der Waals surface area (Å²) in [5, 5.41) is 8.62. The summed E-state index contributed by atoms with van der Waals surface area (Å²) in [6.45, 7) is 2.68. The molecule has 2 unspecified atom stereocenters. The minimum absolute atomic E-state index is 0.188. The maximum Gasteiger partial charge on any atom is 0.238 e. The predicted octanol–water partition coefficient (Wildman–Crippen LogP) is 2.01. The van der Waals surface area contributed by atoms with Gasteiger partial charge in [0.1, 0.15) is 5.54 Å². The lowest BCUT2D eigenvalue weighted by Crippen LogP contribution is -2.58. The summed E-state index contributed by atoms with van der Waals surface area (Å²) in [6, 6.07) is 0.486. The SMILES string of the molecule is Cc1nn(CCC2CCCC2(NC2CC2)C(N)=O)cc1Cl.